The second-order valence-electron chi connectivity index (χ2n) is 17.2. The Hall–Kier alpha value is -7.54. The maximum absolute atomic E-state index is 13.7. The Balaban J connectivity index is 6.43. The summed E-state index contributed by atoms with van der Waals surface area (Å²) in [6.45, 7) is 3.75. The summed E-state index contributed by atoms with van der Waals surface area (Å²) in [4.78, 5) is 176. The van der Waals surface area contributed by atoms with Crippen molar-refractivity contribution < 1.29 is 92.7 Å². The van der Waals surface area contributed by atoms with Gasteiger partial charge in [0.05, 0.1) is 25.1 Å². The van der Waals surface area contributed by atoms with Crippen LogP contribution in [0.25, 0.3) is 0 Å². The number of hydrogen-bond acceptors (Lipinski definition) is 17. The molecule has 10 amide bonds. The van der Waals surface area contributed by atoms with Crippen LogP contribution >= 0.6 is 0 Å². The summed E-state index contributed by atoms with van der Waals surface area (Å²) >= 11 is 0. The van der Waals surface area contributed by atoms with Gasteiger partial charge in [-0.1, -0.05) is 20.3 Å². The lowest BCUT2D eigenvalue weighted by molar-refractivity contribution is -0.142. The Kier molecular flexibility index (Phi) is 30.4. The molecule has 0 spiro atoms. The van der Waals surface area contributed by atoms with E-state index in [1.54, 1.807) is 13.8 Å². The molecule has 0 fully saturated rings. The van der Waals surface area contributed by atoms with E-state index < -0.39 is 189 Å². The molecule has 73 heavy (non-hydrogen) atoms. The van der Waals surface area contributed by atoms with Crippen LogP contribution in [-0.2, 0) is 67.1 Å². The second kappa shape index (κ2) is 33.9. The first-order valence-electron chi connectivity index (χ1n) is 23.0. The van der Waals surface area contributed by atoms with E-state index in [0.29, 0.717) is 19.4 Å². The second-order valence-corrected chi connectivity index (χ2v) is 17.2. The van der Waals surface area contributed by atoms with Crippen molar-refractivity contribution in [2.24, 2.45) is 28.9 Å². The van der Waals surface area contributed by atoms with Gasteiger partial charge in [-0.15, -0.1) is 0 Å². The Labute approximate surface area is 418 Å². The molecule has 0 heterocycles. The first kappa shape index (κ1) is 65.5. The maximum atomic E-state index is 13.7. The van der Waals surface area contributed by atoms with Crippen molar-refractivity contribution in [3.63, 3.8) is 0 Å². The molecule has 0 bridgehead atoms. The average molecular weight is 1050 g/mol. The van der Waals surface area contributed by atoms with Gasteiger partial charge in [0.15, 0.2) is 0 Å². The zero-order valence-corrected chi connectivity index (χ0v) is 40.6. The number of amides is 10. The van der Waals surface area contributed by atoms with E-state index >= 15 is 0 Å². The number of nitrogens with one attached hydrogen (secondary N) is 8. The minimum Gasteiger partial charge on any atom is -0.481 e. The third-order valence-corrected chi connectivity index (χ3v) is 10.3. The van der Waals surface area contributed by atoms with Crippen molar-refractivity contribution in [2.75, 3.05) is 13.1 Å². The summed E-state index contributed by atoms with van der Waals surface area (Å²) < 4.78 is 0. The highest BCUT2D eigenvalue weighted by atomic mass is 16.4. The van der Waals surface area contributed by atoms with Gasteiger partial charge in [0.1, 0.15) is 42.3 Å². The van der Waals surface area contributed by atoms with Gasteiger partial charge < -0.3 is 91.0 Å². The number of carboxylic acids is 4. The molecule has 0 aliphatic carbocycles. The number of aliphatic carboxylic acids is 4. The Morgan fingerprint density at radius 3 is 1.30 bits per heavy atom. The molecule has 0 saturated carbocycles. The van der Waals surface area contributed by atoms with Gasteiger partial charge in [0.2, 0.25) is 59.1 Å². The van der Waals surface area contributed by atoms with Gasteiger partial charge in [-0.2, -0.15) is 0 Å². The molecule has 0 aliphatic heterocycles. The molecular formula is C42H70N12O19. The molecule has 0 aliphatic rings. The molecule has 0 radical (unpaired) electrons. The number of carboxylic acid groups (broad SMARTS) is 4. The number of aliphatic hydroxyl groups excluding tert-OH is 1. The van der Waals surface area contributed by atoms with Gasteiger partial charge >= 0.3 is 23.9 Å². The van der Waals surface area contributed by atoms with Crippen LogP contribution in [0.3, 0.4) is 0 Å². The average Bonchev–Trinajstić information content (AvgIpc) is 3.28. The third kappa shape index (κ3) is 28.2. The molecule has 9 atom stereocenters. The first-order valence-corrected chi connectivity index (χ1v) is 23.0. The normalized spacial score (nSPS) is 14.6. The van der Waals surface area contributed by atoms with Crippen molar-refractivity contribution in [1.29, 1.82) is 0 Å². The fourth-order valence-electron chi connectivity index (χ4n) is 6.46. The van der Waals surface area contributed by atoms with Gasteiger partial charge in [-0.25, -0.2) is 0 Å². The van der Waals surface area contributed by atoms with E-state index in [1.165, 1.54) is 0 Å². The predicted molar refractivity (Wildman–Crippen MR) is 249 cm³/mol. The van der Waals surface area contributed by atoms with E-state index in [2.05, 4.69) is 42.5 Å². The fraction of sp³-hybridized carbons (Fsp3) is 0.667. The minimum atomic E-state index is -1.98. The van der Waals surface area contributed by atoms with Crippen molar-refractivity contribution in [3.05, 3.63) is 0 Å². The number of unbranched alkanes of at least 4 members (excludes halogenated alkanes) is 1. The fourth-order valence-corrected chi connectivity index (χ4v) is 6.46. The zero-order chi connectivity index (χ0) is 56.1. The highest BCUT2D eigenvalue weighted by molar-refractivity contribution is 5.99. The quantitative estimate of drug-likeness (QED) is 0.0256. The Bertz CT molecular complexity index is 1990. The van der Waals surface area contributed by atoms with E-state index in [-0.39, 0.29) is 31.6 Å². The van der Waals surface area contributed by atoms with Crippen LogP contribution < -0.4 is 65.5 Å². The molecule has 31 heteroatoms. The van der Waals surface area contributed by atoms with Crippen LogP contribution in [-0.4, -0.2) is 176 Å². The monoisotopic (exact) mass is 1050 g/mol. The maximum Gasteiger partial charge on any atom is 0.305 e. The smallest absolute Gasteiger partial charge is 0.305 e. The topological polar surface area (TPSA) is 540 Å². The Morgan fingerprint density at radius 1 is 0.466 bits per heavy atom. The van der Waals surface area contributed by atoms with Crippen LogP contribution in [0.1, 0.15) is 104 Å². The molecule has 0 unspecified atom stereocenters. The first-order chi connectivity index (χ1) is 34.0. The lowest BCUT2D eigenvalue weighted by atomic mass is 10.0. The molecule has 31 nitrogen and oxygen atoms in total. The van der Waals surface area contributed by atoms with Crippen molar-refractivity contribution in [1.82, 2.24) is 42.5 Å². The van der Waals surface area contributed by atoms with Gasteiger partial charge in [-0.3, -0.25) is 67.1 Å². The number of aliphatic hydroxyl groups is 1. The molecule has 0 aromatic heterocycles. The number of primary amides is 2. The van der Waals surface area contributed by atoms with E-state index in [9.17, 15) is 87.5 Å². The van der Waals surface area contributed by atoms with Gasteiger partial charge in [0.25, 0.3) is 0 Å². The highest BCUT2D eigenvalue weighted by Gasteiger charge is 2.36. The lowest BCUT2D eigenvalue weighted by Crippen LogP contribution is -2.61. The summed E-state index contributed by atoms with van der Waals surface area (Å²) in [6, 6.07) is -13.3. The van der Waals surface area contributed by atoms with E-state index in [1.807, 2.05) is 0 Å². The molecule has 0 saturated heterocycles. The van der Waals surface area contributed by atoms with Gasteiger partial charge in [0, 0.05) is 25.7 Å². The molecule has 0 rings (SSSR count). The predicted octanol–water partition coefficient (Wildman–Crippen LogP) is -6.80. The minimum absolute atomic E-state index is 0.00858. The molecule has 0 aromatic rings. The SMILES string of the molecule is CC(C)C[C@H](NC(=O)[C@@H](N)CCCCN)C(=O)N[C@@H](CC(=O)O)C(=O)N[C@@H](CCC(=O)O)C(=O)N[C@@H](CCC(=O)O)C(=O)N[C@H](C(=O)NCC(=O)N[C@@H](CCC(=O)O)C(=O)N[C@@H](CCC(N)=O)C(N)=O)[C@@H](C)O. The van der Waals surface area contributed by atoms with Crippen LogP contribution in [0.15, 0.2) is 0 Å². The summed E-state index contributed by atoms with van der Waals surface area (Å²) in [5.41, 5.74) is 21.8. The van der Waals surface area contributed by atoms with Crippen molar-refractivity contribution in [3.8, 4) is 0 Å². The van der Waals surface area contributed by atoms with Crippen molar-refractivity contribution >= 4 is 82.9 Å². The van der Waals surface area contributed by atoms with Crippen LogP contribution in [0.5, 0.6) is 0 Å². The number of carbonyl (C=O) groups is 14. The Morgan fingerprint density at radius 2 is 0.877 bits per heavy atom. The van der Waals surface area contributed by atoms with Gasteiger partial charge in [-0.05, 0) is 64.3 Å². The standard InChI is InChI=1S/C42H70N12O19/c1-19(2)16-26(52-36(67)21(44)6-4-5-15-43)40(71)53-27(17-33(64)65)41(72)51-24(9-13-31(60)61)38(69)50-25(10-14-32(62)63)39(70)54-34(20(3)55)42(73)47-18-29(57)48-23(8-12-30(58)59)37(68)49-22(35(46)66)7-11-28(45)56/h19-27,34,55H,4-18,43-44H2,1-3H3,(H2,45,56)(H2,46,66)(H,47,73)(H,48,57)(H,49,68)(H,50,69)(H,51,72)(H,52,67)(H,53,71)(H,54,70)(H,58,59)(H,60,61)(H,62,63)(H,64,65)/t20-,21+,22+,23+,24+,25+,26+,27+,34+/m1/s1. The van der Waals surface area contributed by atoms with Crippen LogP contribution in [0.4, 0.5) is 0 Å². The van der Waals surface area contributed by atoms with E-state index in [0.717, 1.165) is 6.92 Å². The number of nitrogens with two attached hydrogens (primary N) is 4. The number of carbonyl (C=O) groups excluding carboxylic acids is 10. The van der Waals surface area contributed by atoms with Crippen LogP contribution in [0, 0.1) is 5.92 Å². The third-order valence-electron chi connectivity index (χ3n) is 10.3. The zero-order valence-electron chi connectivity index (χ0n) is 40.6. The molecule has 0 aromatic carbocycles. The summed E-state index contributed by atoms with van der Waals surface area (Å²) in [5, 5.41) is 65.4. The largest absolute Gasteiger partial charge is 0.481 e. The van der Waals surface area contributed by atoms with Crippen LogP contribution in [0.2, 0.25) is 0 Å². The molecule has 21 N–H and O–H groups in total. The summed E-state index contributed by atoms with van der Waals surface area (Å²) in [5.74, 6) is -17.5. The van der Waals surface area contributed by atoms with E-state index in [4.69, 9.17) is 28.0 Å². The lowest BCUT2D eigenvalue weighted by Gasteiger charge is -2.27. The molecular weight excluding hydrogens is 977 g/mol. The summed E-state index contributed by atoms with van der Waals surface area (Å²) in [6.07, 6.45) is -6.72. The molecule has 412 valence electrons. The van der Waals surface area contributed by atoms with Crippen molar-refractivity contribution in [2.45, 2.75) is 159 Å². The summed E-state index contributed by atoms with van der Waals surface area (Å²) in [7, 11) is 0. The number of hydrogen-bond donors (Lipinski definition) is 17. The highest BCUT2D eigenvalue weighted by Crippen LogP contribution is 2.10. The number of rotatable bonds is 38.